The Bertz CT molecular complexity index is 618. The average Bonchev–Trinajstić information content (AvgIpc) is 2.85. The van der Waals surface area contributed by atoms with E-state index >= 15 is 0 Å². The van der Waals surface area contributed by atoms with E-state index in [1.165, 1.54) is 11.3 Å². The zero-order valence-electron chi connectivity index (χ0n) is 8.92. The van der Waals surface area contributed by atoms with Gasteiger partial charge < -0.3 is 0 Å². The summed E-state index contributed by atoms with van der Waals surface area (Å²) in [6.45, 7) is 0.193. The SMILES string of the molecule is Cn1ccc(CNS(=O)(=O)c2ccc(Br)s2)n1. The minimum atomic E-state index is -3.44. The number of nitrogens with zero attached hydrogens (tertiary/aromatic N) is 2. The highest BCUT2D eigenvalue weighted by molar-refractivity contribution is 9.11. The number of rotatable bonds is 4. The van der Waals surface area contributed by atoms with Crippen molar-refractivity contribution in [1.82, 2.24) is 14.5 Å². The molecule has 2 aromatic heterocycles. The van der Waals surface area contributed by atoms with Crippen molar-refractivity contribution >= 4 is 37.3 Å². The molecular weight excluding hydrogens is 326 g/mol. The average molecular weight is 336 g/mol. The van der Waals surface area contributed by atoms with Gasteiger partial charge in [0.05, 0.1) is 16.0 Å². The first-order valence-corrected chi connectivity index (χ1v) is 7.80. The van der Waals surface area contributed by atoms with Crippen molar-refractivity contribution in [2.24, 2.45) is 7.05 Å². The van der Waals surface area contributed by atoms with Crippen LogP contribution in [-0.2, 0) is 23.6 Å². The Hall–Kier alpha value is -0.700. The standard InChI is InChI=1S/C9H10BrN3O2S2/c1-13-5-4-7(12-13)6-11-17(14,15)9-3-2-8(10)16-9/h2-5,11H,6H2,1H3. The van der Waals surface area contributed by atoms with Gasteiger partial charge in [0.1, 0.15) is 4.21 Å². The van der Waals surface area contributed by atoms with Crippen LogP contribution < -0.4 is 4.72 Å². The Morgan fingerprint density at radius 1 is 1.47 bits per heavy atom. The fourth-order valence-electron chi connectivity index (χ4n) is 1.24. The molecule has 0 bridgehead atoms. The highest BCUT2D eigenvalue weighted by atomic mass is 79.9. The molecule has 8 heteroatoms. The van der Waals surface area contributed by atoms with E-state index in [1.54, 1.807) is 36.1 Å². The maximum atomic E-state index is 11.9. The molecule has 92 valence electrons. The molecule has 0 aliphatic heterocycles. The van der Waals surface area contributed by atoms with Crippen LogP contribution >= 0.6 is 27.3 Å². The minimum Gasteiger partial charge on any atom is -0.276 e. The molecule has 0 aliphatic carbocycles. The lowest BCUT2D eigenvalue weighted by Gasteiger charge is -2.01. The van der Waals surface area contributed by atoms with Crippen LogP contribution in [0.4, 0.5) is 0 Å². The van der Waals surface area contributed by atoms with Crippen LogP contribution in [0.25, 0.3) is 0 Å². The van der Waals surface area contributed by atoms with E-state index in [1.807, 2.05) is 0 Å². The Morgan fingerprint density at radius 3 is 2.76 bits per heavy atom. The maximum absolute atomic E-state index is 11.9. The summed E-state index contributed by atoms with van der Waals surface area (Å²) < 4.78 is 29.0. The quantitative estimate of drug-likeness (QED) is 0.925. The van der Waals surface area contributed by atoms with E-state index in [2.05, 4.69) is 25.8 Å². The molecule has 0 aliphatic rings. The lowest BCUT2D eigenvalue weighted by atomic mass is 10.4. The van der Waals surface area contributed by atoms with Crippen LogP contribution in [0.3, 0.4) is 0 Å². The van der Waals surface area contributed by atoms with Gasteiger partial charge in [-0.1, -0.05) is 0 Å². The Labute approximate surface area is 112 Å². The van der Waals surface area contributed by atoms with E-state index in [4.69, 9.17) is 0 Å². The van der Waals surface area contributed by atoms with Crippen LogP contribution in [0.15, 0.2) is 32.4 Å². The smallest absolute Gasteiger partial charge is 0.250 e. The number of aromatic nitrogens is 2. The normalized spacial score (nSPS) is 11.9. The molecule has 0 radical (unpaired) electrons. The van der Waals surface area contributed by atoms with E-state index < -0.39 is 10.0 Å². The monoisotopic (exact) mass is 335 g/mol. The number of hydrogen-bond donors (Lipinski definition) is 1. The second kappa shape index (κ2) is 4.89. The Morgan fingerprint density at radius 2 is 2.24 bits per heavy atom. The molecule has 0 saturated heterocycles. The van der Waals surface area contributed by atoms with Crippen LogP contribution in [-0.4, -0.2) is 18.2 Å². The van der Waals surface area contributed by atoms with Crippen molar-refractivity contribution in [1.29, 1.82) is 0 Å². The number of thiophene rings is 1. The molecule has 17 heavy (non-hydrogen) atoms. The van der Waals surface area contributed by atoms with Gasteiger partial charge in [-0.15, -0.1) is 11.3 Å². The second-order valence-electron chi connectivity index (χ2n) is 3.36. The largest absolute Gasteiger partial charge is 0.276 e. The van der Waals surface area contributed by atoms with Crippen molar-refractivity contribution in [2.45, 2.75) is 10.8 Å². The van der Waals surface area contributed by atoms with Crippen molar-refractivity contribution in [3.63, 3.8) is 0 Å². The van der Waals surface area contributed by atoms with Crippen molar-refractivity contribution < 1.29 is 8.42 Å². The van der Waals surface area contributed by atoms with Crippen LogP contribution in [0.5, 0.6) is 0 Å². The van der Waals surface area contributed by atoms with Crippen molar-refractivity contribution in [2.75, 3.05) is 0 Å². The number of hydrogen-bond acceptors (Lipinski definition) is 4. The first kappa shape index (κ1) is 12.7. The van der Waals surface area contributed by atoms with E-state index in [0.717, 1.165) is 3.79 Å². The van der Waals surface area contributed by atoms with E-state index in [-0.39, 0.29) is 6.54 Å². The zero-order valence-corrected chi connectivity index (χ0v) is 12.1. The first-order valence-electron chi connectivity index (χ1n) is 4.71. The molecule has 2 rings (SSSR count). The third kappa shape index (κ3) is 3.15. The predicted octanol–water partition coefficient (Wildman–Crippen LogP) is 1.72. The number of nitrogens with one attached hydrogen (secondary N) is 1. The molecule has 0 saturated carbocycles. The second-order valence-corrected chi connectivity index (χ2v) is 7.82. The van der Waals surface area contributed by atoms with Crippen LogP contribution in [0, 0.1) is 0 Å². The van der Waals surface area contributed by atoms with Gasteiger partial charge >= 0.3 is 0 Å². The number of halogens is 1. The highest BCUT2D eigenvalue weighted by Gasteiger charge is 2.16. The maximum Gasteiger partial charge on any atom is 0.250 e. The molecule has 1 N–H and O–H groups in total. The van der Waals surface area contributed by atoms with Gasteiger partial charge in [0, 0.05) is 13.2 Å². The summed E-state index contributed by atoms with van der Waals surface area (Å²) >= 11 is 4.41. The van der Waals surface area contributed by atoms with Crippen LogP contribution in [0.1, 0.15) is 5.69 Å². The molecule has 0 unspecified atom stereocenters. The lowest BCUT2D eigenvalue weighted by molar-refractivity contribution is 0.581. The molecule has 0 amide bonds. The third-order valence-corrected chi connectivity index (χ3v) is 5.54. The topological polar surface area (TPSA) is 64.0 Å². The Balaban J connectivity index is 2.08. The molecule has 2 heterocycles. The van der Waals surface area contributed by atoms with E-state index in [0.29, 0.717) is 9.90 Å². The highest BCUT2D eigenvalue weighted by Crippen LogP contribution is 2.25. The Kier molecular flexibility index (Phi) is 3.67. The van der Waals surface area contributed by atoms with E-state index in [9.17, 15) is 8.42 Å². The first-order chi connectivity index (χ1) is 7.97. The number of aryl methyl sites for hydroxylation is 1. The van der Waals surface area contributed by atoms with Gasteiger partial charge in [-0.3, -0.25) is 4.68 Å². The number of sulfonamides is 1. The van der Waals surface area contributed by atoms with Gasteiger partial charge in [0.2, 0.25) is 10.0 Å². The van der Waals surface area contributed by atoms with Crippen molar-refractivity contribution in [3.8, 4) is 0 Å². The summed E-state index contributed by atoms with van der Waals surface area (Å²) in [7, 11) is -1.65. The lowest BCUT2D eigenvalue weighted by Crippen LogP contribution is -2.22. The molecular formula is C9H10BrN3O2S2. The summed E-state index contributed by atoms with van der Waals surface area (Å²) in [6.07, 6.45) is 1.77. The van der Waals surface area contributed by atoms with Gasteiger partial charge in [0.15, 0.2) is 0 Å². The molecule has 0 spiro atoms. The molecule has 0 fully saturated rings. The molecule has 5 nitrogen and oxygen atoms in total. The summed E-state index contributed by atoms with van der Waals surface area (Å²) in [6, 6.07) is 5.04. The molecule has 0 atom stereocenters. The fourth-order valence-corrected chi connectivity index (χ4v) is 4.29. The summed E-state index contributed by atoms with van der Waals surface area (Å²) in [4.78, 5) is 0. The summed E-state index contributed by atoms with van der Waals surface area (Å²) in [5.41, 5.74) is 0.687. The van der Waals surface area contributed by atoms with Gasteiger partial charge in [0.25, 0.3) is 0 Å². The zero-order chi connectivity index (χ0) is 12.5. The molecule has 0 aromatic carbocycles. The van der Waals surface area contributed by atoms with Gasteiger partial charge in [-0.25, -0.2) is 13.1 Å². The fraction of sp³-hybridized carbons (Fsp3) is 0.222. The van der Waals surface area contributed by atoms with Gasteiger partial charge in [-0.2, -0.15) is 5.10 Å². The summed E-state index contributed by atoms with van der Waals surface area (Å²) in [5, 5.41) is 4.10. The molecule has 2 aromatic rings. The van der Waals surface area contributed by atoms with Crippen LogP contribution in [0.2, 0.25) is 0 Å². The summed E-state index contributed by atoms with van der Waals surface area (Å²) in [5.74, 6) is 0. The predicted molar refractivity (Wildman–Crippen MR) is 69.3 cm³/mol. The van der Waals surface area contributed by atoms with Gasteiger partial charge in [-0.05, 0) is 34.1 Å². The van der Waals surface area contributed by atoms with Crippen molar-refractivity contribution in [3.05, 3.63) is 33.9 Å². The minimum absolute atomic E-state index is 0.193. The third-order valence-electron chi connectivity index (χ3n) is 2.03.